The van der Waals surface area contributed by atoms with Gasteiger partial charge in [-0.2, -0.15) is 0 Å². The van der Waals surface area contributed by atoms with Gasteiger partial charge in [-0.05, 0) is 61.5 Å². The zero-order valence-corrected chi connectivity index (χ0v) is 37.2. The number of carbonyl (C=O) groups excluding carboxylic acids is 6. The Morgan fingerprint density at radius 2 is 1.17 bits per heavy atom. The lowest BCUT2D eigenvalue weighted by Crippen LogP contribution is -2.62. The predicted molar refractivity (Wildman–Crippen MR) is 229 cm³/mol. The highest BCUT2D eigenvalue weighted by atomic mass is 32.2. The average Bonchev–Trinajstić information content (AvgIpc) is 3.70. The quantitative estimate of drug-likeness (QED) is 0.188. The number of thioether (sulfide) groups is 1. The van der Waals surface area contributed by atoms with Gasteiger partial charge in [-0.15, -0.1) is 11.8 Å². The van der Waals surface area contributed by atoms with Gasteiger partial charge in [0.05, 0.1) is 11.4 Å². The van der Waals surface area contributed by atoms with E-state index in [-0.39, 0.29) is 48.3 Å². The normalized spacial score (nSPS) is 28.8. The first-order chi connectivity index (χ1) is 27.1. The standard InChI is InChI=1S/C43H68N8O6S/c1-13-25(10)34-40(56)48-32(23(6)7)39(55)45-29(18-21(2)3)36(52)47-31(22(4)5)38(54)46-30(19-26-20-44-28-17-15-14-16-27(26)28)37(53)49-33(24(8)9)42-51-35(41(57)50-34)43(11,12)58-42/h14-17,20-25,29-35,42,44,51H,13,18-19H2,1-12H3,(H,45,55)(H,46,54)(H,47,52)(H,48,56)(H,49,53)(H,50,57). The van der Waals surface area contributed by atoms with E-state index < -0.39 is 81.9 Å². The fourth-order valence-electron chi connectivity index (χ4n) is 7.68. The van der Waals surface area contributed by atoms with Crippen LogP contribution in [0.2, 0.25) is 0 Å². The van der Waals surface area contributed by atoms with Crippen LogP contribution >= 0.6 is 11.8 Å². The van der Waals surface area contributed by atoms with E-state index in [0.717, 1.165) is 16.5 Å². The Bertz CT molecular complexity index is 1790. The molecule has 0 aliphatic carbocycles. The number of aromatic amines is 1. The van der Waals surface area contributed by atoms with E-state index in [0.29, 0.717) is 6.42 Å². The second-order valence-corrected chi connectivity index (χ2v) is 20.0. The lowest BCUT2D eigenvalue weighted by Gasteiger charge is -2.32. The van der Waals surface area contributed by atoms with Crippen LogP contribution < -0.4 is 37.2 Å². The summed E-state index contributed by atoms with van der Waals surface area (Å²) in [6.07, 6.45) is 2.84. The summed E-state index contributed by atoms with van der Waals surface area (Å²) in [5.41, 5.74) is 1.72. The third-order valence-corrected chi connectivity index (χ3v) is 13.0. The monoisotopic (exact) mass is 824 g/mol. The zero-order chi connectivity index (χ0) is 43.2. The Labute approximate surface area is 348 Å². The third-order valence-electron chi connectivity index (χ3n) is 11.4. The Morgan fingerprint density at radius 1 is 0.638 bits per heavy atom. The molecule has 3 heterocycles. The summed E-state index contributed by atoms with van der Waals surface area (Å²) in [7, 11) is 0. The molecule has 8 N–H and O–H groups in total. The van der Waals surface area contributed by atoms with E-state index in [1.165, 1.54) is 11.8 Å². The highest BCUT2D eigenvalue weighted by Crippen LogP contribution is 2.40. The summed E-state index contributed by atoms with van der Waals surface area (Å²) in [6.45, 7) is 22.8. The number of H-pyrrole nitrogens is 1. The molecule has 2 saturated heterocycles. The van der Waals surface area contributed by atoms with Crippen molar-refractivity contribution in [2.24, 2.45) is 29.6 Å². The summed E-state index contributed by atoms with van der Waals surface area (Å²) >= 11 is 1.53. The van der Waals surface area contributed by atoms with E-state index in [9.17, 15) is 28.8 Å². The van der Waals surface area contributed by atoms with Gasteiger partial charge in [0.2, 0.25) is 35.4 Å². The van der Waals surface area contributed by atoms with Gasteiger partial charge in [0, 0.05) is 28.3 Å². The number of rotatable bonds is 9. The molecule has 2 aromatic rings. The van der Waals surface area contributed by atoms with Gasteiger partial charge in [0.25, 0.3) is 0 Å². The van der Waals surface area contributed by atoms with Gasteiger partial charge in [-0.1, -0.05) is 93.9 Å². The Balaban J connectivity index is 1.81. The van der Waals surface area contributed by atoms with Gasteiger partial charge in [0.1, 0.15) is 36.3 Å². The molecule has 0 radical (unpaired) electrons. The molecule has 2 bridgehead atoms. The van der Waals surface area contributed by atoms with E-state index in [4.69, 9.17) is 0 Å². The van der Waals surface area contributed by atoms with Crippen LogP contribution in [0.5, 0.6) is 0 Å². The Hall–Kier alpha value is -4.11. The molecule has 0 saturated carbocycles. The highest BCUT2D eigenvalue weighted by Gasteiger charge is 2.49. The van der Waals surface area contributed by atoms with Crippen LogP contribution in [-0.2, 0) is 35.2 Å². The largest absolute Gasteiger partial charge is 0.361 e. The number of aromatic nitrogens is 1. The summed E-state index contributed by atoms with van der Waals surface area (Å²) in [5.74, 6) is -4.07. The zero-order valence-electron chi connectivity index (χ0n) is 36.4. The van der Waals surface area contributed by atoms with E-state index >= 15 is 0 Å². The van der Waals surface area contributed by atoms with Crippen LogP contribution in [0.1, 0.15) is 101 Å². The maximum atomic E-state index is 14.5. The molecule has 322 valence electrons. The number of fused-ring (bicyclic) bond motifs is 3. The van der Waals surface area contributed by atoms with E-state index in [1.807, 2.05) is 85.9 Å². The molecule has 2 aliphatic heterocycles. The lowest BCUT2D eigenvalue weighted by atomic mass is 9.94. The number of hydrogen-bond acceptors (Lipinski definition) is 8. The molecular formula is C43H68N8O6S. The number of para-hydroxylation sites is 1. The summed E-state index contributed by atoms with van der Waals surface area (Å²) < 4.78 is -0.647. The maximum absolute atomic E-state index is 14.5. The second-order valence-electron chi connectivity index (χ2n) is 18.2. The maximum Gasteiger partial charge on any atom is 0.243 e. The summed E-state index contributed by atoms with van der Waals surface area (Å²) in [5, 5.41) is 21.9. The van der Waals surface area contributed by atoms with Crippen molar-refractivity contribution in [3.05, 3.63) is 36.0 Å². The molecule has 2 aliphatic rings. The Kier molecular flexibility index (Phi) is 15.9. The van der Waals surface area contributed by atoms with Crippen LogP contribution in [0.4, 0.5) is 0 Å². The molecule has 15 heteroatoms. The fraction of sp³-hybridized carbons (Fsp3) is 0.674. The summed E-state index contributed by atoms with van der Waals surface area (Å²) in [4.78, 5) is 88.5. The molecule has 6 amide bonds. The second kappa shape index (κ2) is 19.8. The number of benzene rings is 1. The minimum Gasteiger partial charge on any atom is -0.361 e. The number of carbonyl (C=O) groups is 6. The molecule has 9 unspecified atom stereocenters. The van der Waals surface area contributed by atoms with Crippen LogP contribution in [0, 0.1) is 29.6 Å². The highest BCUT2D eigenvalue weighted by molar-refractivity contribution is 8.01. The van der Waals surface area contributed by atoms with E-state index in [2.05, 4.69) is 42.2 Å². The molecule has 4 rings (SSSR count). The van der Waals surface area contributed by atoms with Gasteiger partial charge < -0.3 is 36.9 Å². The molecule has 1 aromatic heterocycles. The molecule has 1 aromatic carbocycles. The van der Waals surface area contributed by atoms with Crippen molar-refractivity contribution < 1.29 is 28.8 Å². The summed E-state index contributed by atoms with van der Waals surface area (Å²) in [6, 6.07) is 1.43. The number of amides is 6. The minimum atomic E-state index is -1.05. The van der Waals surface area contributed by atoms with Crippen molar-refractivity contribution in [1.29, 1.82) is 0 Å². The van der Waals surface area contributed by atoms with Crippen molar-refractivity contribution >= 4 is 58.1 Å². The SMILES string of the molecule is CCC(C)C1NC(=O)C2NC(SC2(C)C)C(C(C)C)NC(=O)C(Cc2c[nH]c3ccccc23)NC(=O)C(C(C)C)NC(=O)C(CC(C)C)NC(=O)C(C(C)C)NC1=O. The molecular weight excluding hydrogens is 757 g/mol. The average molecular weight is 825 g/mol. The molecule has 0 spiro atoms. The van der Waals surface area contributed by atoms with Crippen molar-refractivity contribution in [2.45, 2.75) is 155 Å². The third kappa shape index (κ3) is 11.3. The van der Waals surface area contributed by atoms with Gasteiger partial charge in [-0.25, -0.2) is 0 Å². The van der Waals surface area contributed by atoms with Gasteiger partial charge >= 0.3 is 0 Å². The number of hydrogen-bond donors (Lipinski definition) is 8. The van der Waals surface area contributed by atoms with E-state index in [1.54, 1.807) is 27.7 Å². The smallest absolute Gasteiger partial charge is 0.243 e. The first kappa shape index (κ1) is 46.6. The number of nitrogens with one attached hydrogen (secondary N) is 8. The van der Waals surface area contributed by atoms with Crippen molar-refractivity contribution in [2.75, 3.05) is 0 Å². The predicted octanol–water partition coefficient (Wildman–Crippen LogP) is 3.50. The van der Waals surface area contributed by atoms with Crippen molar-refractivity contribution in [1.82, 2.24) is 42.2 Å². The molecule has 58 heavy (non-hydrogen) atoms. The first-order valence-electron chi connectivity index (χ1n) is 21.0. The van der Waals surface area contributed by atoms with Crippen LogP contribution in [0.3, 0.4) is 0 Å². The molecule has 2 fully saturated rings. The van der Waals surface area contributed by atoms with Crippen LogP contribution in [0.25, 0.3) is 10.9 Å². The van der Waals surface area contributed by atoms with Crippen molar-refractivity contribution in [3.8, 4) is 0 Å². The van der Waals surface area contributed by atoms with Gasteiger partial charge in [0.15, 0.2) is 0 Å². The first-order valence-corrected chi connectivity index (χ1v) is 21.8. The van der Waals surface area contributed by atoms with Crippen LogP contribution in [0.15, 0.2) is 30.5 Å². The Morgan fingerprint density at radius 3 is 1.74 bits per heavy atom. The van der Waals surface area contributed by atoms with Crippen molar-refractivity contribution in [3.63, 3.8) is 0 Å². The van der Waals surface area contributed by atoms with Gasteiger partial charge in [-0.3, -0.25) is 34.1 Å². The molecule has 14 nitrogen and oxygen atoms in total. The minimum absolute atomic E-state index is 0.0153. The van der Waals surface area contributed by atoms with Crippen LogP contribution in [-0.4, -0.2) is 92.8 Å². The molecule has 9 atom stereocenters. The fourth-order valence-corrected chi connectivity index (χ4v) is 9.38. The lowest BCUT2D eigenvalue weighted by molar-refractivity contribution is -0.136. The topological polar surface area (TPSA) is 202 Å².